The maximum Gasteiger partial charge on any atom is 0.112 e. The first-order chi connectivity index (χ1) is 13.6. The number of aliphatic imine (C=N–C) groups is 1. The van der Waals surface area contributed by atoms with Gasteiger partial charge < -0.3 is 5.73 Å². The first-order valence-corrected chi connectivity index (χ1v) is 11.7. The van der Waals surface area contributed by atoms with Crippen molar-refractivity contribution >= 4 is 28.9 Å². The maximum atomic E-state index is 10.0. The Morgan fingerprint density at radius 3 is 2.57 bits per heavy atom. The van der Waals surface area contributed by atoms with E-state index in [0.717, 1.165) is 52.6 Å². The Labute approximate surface area is 174 Å². The van der Waals surface area contributed by atoms with E-state index in [-0.39, 0.29) is 11.3 Å². The summed E-state index contributed by atoms with van der Waals surface area (Å²) in [6.45, 7) is 2.08. The van der Waals surface area contributed by atoms with Crippen LogP contribution in [-0.2, 0) is 0 Å². The van der Waals surface area contributed by atoms with Gasteiger partial charge in [-0.3, -0.25) is 0 Å². The molecule has 2 N–H and O–H groups in total. The molecule has 6 heteroatoms. The van der Waals surface area contributed by atoms with Crippen LogP contribution in [0.15, 0.2) is 45.2 Å². The van der Waals surface area contributed by atoms with Crippen molar-refractivity contribution in [3.63, 3.8) is 0 Å². The molecule has 1 atom stereocenters. The van der Waals surface area contributed by atoms with Crippen LogP contribution in [0, 0.1) is 23.7 Å². The highest BCUT2D eigenvalue weighted by Gasteiger charge is 2.50. The minimum Gasteiger partial charge on any atom is -0.387 e. The van der Waals surface area contributed by atoms with Gasteiger partial charge in [-0.05, 0) is 26.0 Å². The van der Waals surface area contributed by atoms with E-state index < -0.39 is 0 Å². The normalized spacial score (nSPS) is 21.5. The van der Waals surface area contributed by atoms with Gasteiger partial charge in [0, 0.05) is 16.4 Å². The predicted octanol–water partition coefficient (Wildman–Crippen LogP) is 5.62. The summed E-state index contributed by atoms with van der Waals surface area (Å²) in [5, 5.41) is 13.9. The largest absolute Gasteiger partial charge is 0.387 e. The van der Waals surface area contributed by atoms with E-state index in [4.69, 9.17) is 10.7 Å². The zero-order valence-electron chi connectivity index (χ0n) is 16.2. The van der Waals surface area contributed by atoms with Gasteiger partial charge in [-0.15, -0.1) is 23.1 Å². The summed E-state index contributed by atoms with van der Waals surface area (Å²) in [6, 6.07) is 10.9. The van der Waals surface area contributed by atoms with E-state index in [1.54, 1.807) is 11.3 Å². The number of rotatable bonds is 3. The molecule has 0 radical (unpaired) electrons. The van der Waals surface area contributed by atoms with E-state index in [1.807, 2.05) is 6.26 Å². The summed E-state index contributed by atoms with van der Waals surface area (Å²) < 4.78 is 0. The lowest BCUT2D eigenvalue weighted by Crippen LogP contribution is -2.43. The van der Waals surface area contributed by atoms with Crippen molar-refractivity contribution in [1.29, 1.82) is 5.26 Å². The molecule has 1 aliphatic carbocycles. The van der Waals surface area contributed by atoms with E-state index in [0.29, 0.717) is 5.84 Å². The van der Waals surface area contributed by atoms with Gasteiger partial charge in [0.15, 0.2) is 0 Å². The molecule has 28 heavy (non-hydrogen) atoms. The molecule has 1 fully saturated rings. The van der Waals surface area contributed by atoms with Gasteiger partial charge in [0.2, 0.25) is 0 Å². The number of thioether (sulfide) groups is 1. The smallest absolute Gasteiger partial charge is 0.112 e. The highest BCUT2D eigenvalue weighted by Crippen LogP contribution is 2.56. The number of aromatic nitrogens is 1. The molecule has 2 aromatic rings. The molecular weight excluding hydrogens is 384 g/mol. The molecule has 1 spiro atoms. The maximum absolute atomic E-state index is 10.0. The third-order valence-electron chi connectivity index (χ3n) is 5.96. The van der Waals surface area contributed by atoms with Gasteiger partial charge in [0.05, 0.1) is 23.3 Å². The standard InChI is InChI=1S/C22H24N4S2/c1-14-6-8-15(9-7-14)17-13-28-21(25-17)18-19(24)26-20(27-2)16(12-23)22(18)10-4-3-5-11-22/h6-9,13,18H,3-5,10-11H2,1-2H3,(H2,24,26)/t18-/m1/s1. The number of thiazole rings is 1. The van der Waals surface area contributed by atoms with Crippen LogP contribution in [0.4, 0.5) is 0 Å². The Kier molecular flexibility index (Phi) is 5.31. The zero-order chi connectivity index (χ0) is 19.7. The van der Waals surface area contributed by atoms with Crippen molar-refractivity contribution in [2.75, 3.05) is 6.26 Å². The first-order valence-electron chi connectivity index (χ1n) is 9.64. The van der Waals surface area contributed by atoms with E-state index in [1.165, 1.54) is 23.7 Å². The number of hydrogen-bond acceptors (Lipinski definition) is 6. The SMILES string of the molecule is CSC1=C(C#N)C2(CCCCC2)[C@@H](c2nc(-c3ccc(C)cc3)cs2)C(N)=N1. The minimum atomic E-state index is -0.264. The fraction of sp³-hybridized carbons (Fsp3) is 0.409. The van der Waals surface area contributed by atoms with Crippen LogP contribution < -0.4 is 5.73 Å². The second-order valence-corrected chi connectivity index (χ2v) is 9.30. The summed E-state index contributed by atoms with van der Waals surface area (Å²) in [5.41, 5.74) is 10.4. The van der Waals surface area contributed by atoms with Crippen LogP contribution in [0.5, 0.6) is 0 Å². The van der Waals surface area contributed by atoms with Crippen molar-refractivity contribution in [2.24, 2.45) is 16.1 Å². The van der Waals surface area contributed by atoms with Gasteiger partial charge in [0.25, 0.3) is 0 Å². The average Bonchev–Trinajstić information content (AvgIpc) is 3.18. The zero-order valence-corrected chi connectivity index (χ0v) is 17.9. The molecule has 1 aliphatic heterocycles. The lowest BCUT2D eigenvalue weighted by atomic mass is 9.61. The molecule has 4 nitrogen and oxygen atoms in total. The lowest BCUT2D eigenvalue weighted by Gasteiger charge is -2.44. The van der Waals surface area contributed by atoms with Crippen LogP contribution in [0.1, 0.15) is 48.6 Å². The summed E-state index contributed by atoms with van der Waals surface area (Å²) in [4.78, 5) is 9.61. The molecule has 0 saturated heterocycles. The van der Waals surface area contributed by atoms with Crippen molar-refractivity contribution in [1.82, 2.24) is 4.98 Å². The Morgan fingerprint density at radius 2 is 1.93 bits per heavy atom. The van der Waals surface area contributed by atoms with Crippen LogP contribution in [0.3, 0.4) is 0 Å². The van der Waals surface area contributed by atoms with Crippen LogP contribution in [0.25, 0.3) is 11.3 Å². The second kappa shape index (κ2) is 7.73. The summed E-state index contributed by atoms with van der Waals surface area (Å²) in [6.07, 6.45) is 7.37. The summed E-state index contributed by atoms with van der Waals surface area (Å²) >= 11 is 3.16. The van der Waals surface area contributed by atoms with Crippen LogP contribution in [-0.4, -0.2) is 17.1 Å². The van der Waals surface area contributed by atoms with E-state index in [2.05, 4.69) is 47.6 Å². The molecule has 0 bridgehead atoms. The Hall–Kier alpha value is -2.10. The van der Waals surface area contributed by atoms with Gasteiger partial charge in [0.1, 0.15) is 15.9 Å². The van der Waals surface area contributed by atoms with E-state index >= 15 is 0 Å². The van der Waals surface area contributed by atoms with Crippen LogP contribution >= 0.6 is 23.1 Å². The number of benzene rings is 1. The lowest BCUT2D eigenvalue weighted by molar-refractivity contribution is 0.224. The second-order valence-electron chi connectivity index (χ2n) is 7.62. The van der Waals surface area contributed by atoms with Crippen molar-refractivity contribution in [3.05, 3.63) is 50.8 Å². The first kappa shape index (κ1) is 19.2. The fourth-order valence-electron chi connectivity index (χ4n) is 4.55. The Bertz CT molecular complexity index is 973. The number of aryl methyl sites for hydroxylation is 1. The highest BCUT2D eigenvalue weighted by atomic mass is 32.2. The molecule has 4 rings (SSSR count). The third kappa shape index (κ3) is 3.17. The summed E-state index contributed by atoms with van der Waals surface area (Å²) in [7, 11) is 0. The molecule has 2 aliphatic rings. The third-order valence-corrected chi connectivity index (χ3v) is 7.55. The molecule has 0 amide bonds. The number of nitrogens with zero attached hydrogens (tertiary/aromatic N) is 3. The van der Waals surface area contributed by atoms with E-state index in [9.17, 15) is 5.26 Å². The van der Waals surface area contributed by atoms with Crippen molar-refractivity contribution < 1.29 is 0 Å². The van der Waals surface area contributed by atoms with Gasteiger partial charge in [-0.2, -0.15) is 5.26 Å². The fourth-order valence-corrected chi connectivity index (χ4v) is 6.25. The number of nitrogens with two attached hydrogens (primary N) is 1. The van der Waals surface area contributed by atoms with Gasteiger partial charge in [-0.1, -0.05) is 49.1 Å². The Balaban J connectivity index is 1.80. The molecule has 2 heterocycles. The quantitative estimate of drug-likeness (QED) is 0.715. The molecule has 1 aromatic heterocycles. The number of nitriles is 1. The van der Waals surface area contributed by atoms with Gasteiger partial charge in [-0.25, -0.2) is 9.98 Å². The minimum absolute atomic E-state index is 0.109. The van der Waals surface area contributed by atoms with Crippen LogP contribution in [0.2, 0.25) is 0 Å². The highest BCUT2D eigenvalue weighted by molar-refractivity contribution is 8.02. The number of amidine groups is 1. The summed E-state index contributed by atoms with van der Waals surface area (Å²) in [5.74, 6) is 0.498. The average molecular weight is 409 g/mol. The molecule has 1 saturated carbocycles. The van der Waals surface area contributed by atoms with Crippen molar-refractivity contribution in [3.8, 4) is 17.3 Å². The molecular formula is C22H24N4S2. The number of hydrogen-bond donors (Lipinski definition) is 1. The monoisotopic (exact) mass is 408 g/mol. The van der Waals surface area contributed by atoms with Crippen molar-refractivity contribution in [2.45, 2.75) is 44.9 Å². The van der Waals surface area contributed by atoms with Gasteiger partial charge >= 0.3 is 0 Å². The predicted molar refractivity (Wildman–Crippen MR) is 118 cm³/mol. The molecule has 144 valence electrons. The Morgan fingerprint density at radius 1 is 1.21 bits per heavy atom. The molecule has 1 aromatic carbocycles. The number of allylic oxidation sites excluding steroid dienone is 1. The molecule has 0 unspecified atom stereocenters. The topological polar surface area (TPSA) is 75.1 Å².